The van der Waals surface area contributed by atoms with Crippen molar-refractivity contribution in [3.63, 3.8) is 0 Å². The molecule has 0 saturated heterocycles. The van der Waals surface area contributed by atoms with E-state index in [9.17, 15) is 18.0 Å². The molecule has 4 aromatic rings. The molecular formula is C24H22F3N5O. The summed E-state index contributed by atoms with van der Waals surface area (Å²) in [5.74, 6) is -0.384. The number of halogens is 3. The molecule has 0 aliphatic carbocycles. The Balaban J connectivity index is 1.52. The van der Waals surface area contributed by atoms with Crippen LogP contribution in [-0.2, 0) is 12.7 Å². The van der Waals surface area contributed by atoms with Crippen LogP contribution in [0.5, 0.6) is 0 Å². The number of nitrogens with one attached hydrogen (secondary N) is 2. The number of nitrogens with zero attached hydrogens (tertiary/aromatic N) is 3. The maximum atomic E-state index is 13.0. The van der Waals surface area contributed by atoms with E-state index in [2.05, 4.69) is 20.6 Å². The normalized spacial score (nSPS) is 11.6. The number of rotatable bonds is 5. The van der Waals surface area contributed by atoms with E-state index in [-0.39, 0.29) is 18.1 Å². The van der Waals surface area contributed by atoms with Crippen molar-refractivity contribution in [3.8, 4) is 11.3 Å². The van der Waals surface area contributed by atoms with Crippen molar-refractivity contribution in [3.05, 3.63) is 88.4 Å². The highest BCUT2D eigenvalue weighted by atomic mass is 19.4. The van der Waals surface area contributed by atoms with Crippen LogP contribution in [0.3, 0.4) is 0 Å². The number of aryl methyl sites for hydroxylation is 2. The lowest BCUT2D eigenvalue weighted by molar-refractivity contribution is -0.137. The lowest BCUT2D eigenvalue weighted by Crippen LogP contribution is -2.14. The number of carbonyl (C=O) groups is 1. The van der Waals surface area contributed by atoms with Crippen LogP contribution < -0.4 is 5.32 Å². The van der Waals surface area contributed by atoms with E-state index in [4.69, 9.17) is 0 Å². The number of anilines is 1. The molecule has 6 nitrogen and oxygen atoms in total. The second-order valence-corrected chi connectivity index (χ2v) is 7.89. The SMILES string of the molecule is Cc1ccc(-c2cc(C(=O)Nc3c(C)nn(Cc4cccc(C(F)(F)F)c4)c3C)[nH]n2)cc1. The van der Waals surface area contributed by atoms with Crippen LogP contribution in [0.2, 0.25) is 0 Å². The summed E-state index contributed by atoms with van der Waals surface area (Å²) < 4.78 is 40.6. The summed E-state index contributed by atoms with van der Waals surface area (Å²) in [6.07, 6.45) is -4.41. The quantitative estimate of drug-likeness (QED) is 0.418. The first-order chi connectivity index (χ1) is 15.6. The molecule has 2 heterocycles. The van der Waals surface area contributed by atoms with E-state index in [1.54, 1.807) is 30.7 Å². The lowest BCUT2D eigenvalue weighted by Gasteiger charge is -2.10. The predicted octanol–water partition coefficient (Wildman–Crippen LogP) is 5.52. The number of H-pyrrole nitrogens is 1. The Morgan fingerprint density at radius 3 is 2.48 bits per heavy atom. The van der Waals surface area contributed by atoms with Crippen LogP contribution in [0.1, 0.15) is 38.6 Å². The van der Waals surface area contributed by atoms with Crippen molar-refractivity contribution >= 4 is 11.6 Å². The van der Waals surface area contributed by atoms with E-state index in [1.807, 2.05) is 31.2 Å². The van der Waals surface area contributed by atoms with Gasteiger partial charge in [0.1, 0.15) is 5.69 Å². The van der Waals surface area contributed by atoms with Crippen molar-refractivity contribution < 1.29 is 18.0 Å². The molecule has 2 N–H and O–H groups in total. The Morgan fingerprint density at radius 2 is 1.79 bits per heavy atom. The van der Waals surface area contributed by atoms with E-state index in [1.165, 1.54) is 6.07 Å². The molecule has 0 radical (unpaired) electrons. The van der Waals surface area contributed by atoms with Crippen LogP contribution in [0.25, 0.3) is 11.3 Å². The summed E-state index contributed by atoms with van der Waals surface area (Å²) in [6.45, 7) is 5.63. The van der Waals surface area contributed by atoms with Crippen molar-refractivity contribution in [1.82, 2.24) is 20.0 Å². The Kier molecular flexibility index (Phi) is 5.80. The van der Waals surface area contributed by atoms with Crippen molar-refractivity contribution in [1.29, 1.82) is 0 Å². The summed E-state index contributed by atoms with van der Waals surface area (Å²) in [6, 6.07) is 14.6. The number of aromatic nitrogens is 4. The second-order valence-electron chi connectivity index (χ2n) is 7.89. The highest BCUT2D eigenvalue weighted by molar-refractivity contribution is 6.04. The minimum Gasteiger partial charge on any atom is -0.318 e. The van der Waals surface area contributed by atoms with E-state index < -0.39 is 11.7 Å². The number of amides is 1. The highest BCUT2D eigenvalue weighted by Gasteiger charge is 2.30. The van der Waals surface area contributed by atoms with E-state index in [0.29, 0.717) is 28.3 Å². The van der Waals surface area contributed by atoms with Gasteiger partial charge in [-0.1, -0.05) is 42.0 Å². The summed E-state index contributed by atoms with van der Waals surface area (Å²) >= 11 is 0. The summed E-state index contributed by atoms with van der Waals surface area (Å²) in [7, 11) is 0. The number of hydrogen-bond donors (Lipinski definition) is 2. The molecule has 33 heavy (non-hydrogen) atoms. The monoisotopic (exact) mass is 453 g/mol. The van der Waals surface area contributed by atoms with Gasteiger partial charge in [0.15, 0.2) is 0 Å². The zero-order valence-electron chi connectivity index (χ0n) is 18.3. The molecule has 0 fully saturated rings. The predicted molar refractivity (Wildman–Crippen MR) is 119 cm³/mol. The molecule has 1 amide bonds. The lowest BCUT2D eigenvalue weighted by atomic mass is 10.1. The van der Waals surface area contributed by atoms with Gasteiger partial charge in [-0.15, -0.1) is 0 Å². The molecule has 0 aliphatic rings. The van der Waals surface area contributed by atoms with Crippen LogP contribution in [-0.4, -0.2) is 25.9 Å². The Bertz CT molecular complexity index is 1300. The molecule has 9 heteroatoms. The molecule has 0 aliphatic heterocycles. The molecule has 0 unspecified atom stereocenters. The zero-order chi connectivity index (χ0) is 23.8. The minimum absolute atomic E-state index is 0.147. The third-order valence-corrected chi connectivity index (χ3v) is 5.38. The minimum atomic E-state index is -4.41. The number of alkyl halides is 3. The van der Waals surface area contributed by atoms with Gasteiger partial charge in [0.2, 0.25) is 0 Å². The van der Waals surface area contributed by atoms with Gasteiger partial charge in [0.05, 0.1) is 34.9 Å². The van der Waals surface area contributed by atoms with Gasteiger partial charge in [-0.2, -0.15) is 23.4 Å². The van der Waals surface area contributed by atoms with Crippen LogP contribution in [0.4, 0.5) is 18.9 Å². The maximum Gasteiger partial charge on any atom is 0.416 e. The van der Waals surface area contributed by atoms with Crippen LogP contribution in [0, 0.1) is 20.8 Å². The molecule has 2 aromatic heterocycles. The van der Waals surface area contributed by atoms with Crippen molar-refractivity contribution in [2.75, 3.05) is 5.32 Å². The first-order valence-corrected chi connectivity index (χ1v) is 10.3. The van der Waals surface area contributed by atoms with Gasteiger partial charge >= 0.3 is 6.18 Å². The standard InChI is InChI=1S/C24H22F3N5O/c1-14-7-9-18(10-8-14)20-12-21(30-29-20)23(33)28-22-15(2)31-32(16(22)3)13-17-5-4-6-19(11-17)24(25,26)27/h4-12H,13H2,1-3H3,(H,28,33)(H,29,30). The largest absolute Gasteiger partial charge is 0.416 e. The number of aromatic amines is 1. The summed E-state index contributed by atoms with van der Waals surface area (Å²) in [5.41, 5.74) is 4.41. The fourth-order valence-corrected chi connectivity index (χ4v) is 3.54. The average molecular weight is 453 g/mol. The van der Waals surface area contributed by atoms with E-state index >= 15 is 0 Å². The number of hydrogen-bond acceptors (Lipinski definition) is 3. The second kappa shape index (κ2) is 8.57. The topological polar surface area (TPSA) is 75.6 Å². The van der Waals surface area contributed by atoms with Crippen LogP contribution >= 0.6 is 0 Å². The first-order valence-electron chi connectivity index (χ1n) is 10.3. The molecule has 0 saturated carbocycles. The Hall–Kier alpha value is -3.88. The van der Waals surface area contributed by atoms with Gasteiger partial charge in [-0.25, -0.2) is 0 Å². The first kappa shape index (κ1) is 22.3. The fraction of sp³-hybridized carbons (Fsp3) is 0.208. The fourth-order valence-electron chi connectivity index (χ4n) is 3.54. The highest BCUT2D eigenvalue weighted by Crippen LogP contribution is 2.30. The van der Waals surface area contributed by atoms with E-state index in [0.717, 1.165) is 23.3 Å². The third-order valence-electron chi connectivity index (χ3n) is 5.38. The van der Waals surface area contributed by atoms with Gasteiger partial charge in [0, 0.05) is 5.56 Å². The molecule has 4 rings (SSSR count). The van der Waals surface area contributed by atoms with Gasteiger partial charge in [-0.05, 0) is 44.5 Å². The van der Waals surface area contributed by atoms with Gasteiger partial charge < -0.3 is 5.32 Å². The molecule has 0 atom stereocenters. The summed E-state index contributed by atoms with van der Waals surface area (Å²) in [4.78, 5) is 12.8. The molecular weight excluding hydrogens is 431 g/mol. The number of carbonyl (C=O) groups excluding carboxylic acids is 1. The molecule has 170 valence electrons. The smallest absolute Gasteiger partial charge is 0.318 e. The Labute approximate surface area is 188 Å². The zero-order valence-corrected chi connectivity index (χ0v) is 18.3. The third kappa shape index (κ3) is 4.82. The van der Waals surface area contributed by atoms with Crippen molar-refractivity contribution in [2.24, 2.45) is 0 Å². The molecule has 0 spiro atoms. The van der Waals surface area contributed by atoms with Crippen LogP contribution in [0.15, 0.2) is 54.6 Å². The van der Waals surface area contributed by atoms with Crippen molar-refractivity contribution in [2.45, 2.75) is 33.5 Å². The molecule has 2 aromatic carbocycles. The molecule has 0 bridgehead atoms. The van der Waals surface area contributed by atoms with Gasteiger partial charge in [0.25, 0.3) is 5.91 Å². The summed E-state index contributed by atoms with van der Waals surface area (Å²) in [5, 5.41) is 14.2. The Morgan fingerprint density at radius 1 is 1.06 bits per heavy atom. The van der Waals surface area contributed by atoms with Gasteiger partial charge in [-0.3, -0.25) is 14.6 Å². The maximum absolute atomic E-state index is 13.0. The average Bonchev–Trinajstić information content (AvgIpc) is 3.35. The number of benzene rings is 2.